The van der Waals surface area contributed by atoms with Crippen molar-refractivity contribution in [2.24, 2.45) is 11.3 Å². The van der Waals surface area contributed by atoms with Crippen molar-refractivity contribution in [2.75, 3.05) is 57.4 Å². The van der Waals surface area contributed by atoms with Gasteiger partial charge < -0.3 is 14.5 Å². The Balaban J connectivity index is 1.41. The Morgan fingerprint density at radius 3 is 2.74 bits per heavy atom. The zero-order valence-corrected chi connectivity index (χ0v) is 19.0. The van der Waals surface area contributed by atoms with Gasteiger partial charge in [0.1, 0.15) is 0 Å². The fourth-order valence-electron chi connectivity index (χ4n) is 5.48. The monoisotopic (exact) mass is 441 g/mol. The second kappa shape index (κ2) is 8.84. The Bertz CT molecular complexity index is 900. The summed E-state index contributed by atoms with van der Waals surface area (Å²) in [6, 6.07) is 6.29. The lowest BCUT2D eigenvalue weighted by atomic mass is 9.73. The molecular formula is C23H31N5O2S. The summed E-state index contributed by atoms with van der Waals surface area (Å²) in [5.74, 6) is 1.33. The van der Waals surface area contributed by atoms with Gasteiger partial charge >= 0.3 is 0 Å². The highest BCUT2D eigenvalue weighted by Crippen LogP contribution is 2.45. The summed E-state index contributed by atoms with van der Waals surface area (Å²) >= 11 is 1.88. The van der Waals surface area contributed by atoms with Gasteiger partial charge in [0.05, 0.1) is 18.6 Å². The molecule has 31 heavy (non-hydrogen) atoms. The standard InChI is InChI=1S/C23H31N5O2S/c1-18-4-5-20(31-18)16-26-9-2-6-23(21(29)27-10-12-30-13-11-27)17-28(15-19(23)14-26)22-24-7-3-8-25-22/h3-5,7-8,19H,2,6,9-17H2,1H3/t19-,23-/m1/s1. The first-order valence-corrected chi connectivity index (χ1v) is 12.1. The Labute approximate surface area is 188 Å². The van der Waals surface area contributed by atoms with Crippen LogP contribution in [0.25, 0.3) is 0 Å². The summed E-state index contributed by atoms with van der Waals surface area (Å²) < 4.78 is 5.52. The third-order valence-corrected chi connectivity index (χ3v) is 7.99. The van der Waals surface area contributed by atoms with Gasteiger partial charge in [-0.3, -0.25) is 9.69 Å². The third kappa shape index (κ3) is 4.21. The predicted molar refractivity (Wildman–Crippen MR) is 121 cm³/mol. The molecule has 5 heterocycles. The summed E-state index contributed by atoms with van der Waals surface area (Å²) in [4.78, 5) is 32.5. The molecule has 1 amide bonds. The first kappa shape index (κ1) is 20.8. The van der Waals surface area contributed by atoms with Crippen molar-refractivity contribution in [1.82, 2.24) is 19.8 Å². The van der Waals surface area contributed by atoms with E-state index in [4.69, 9.17) is 4.74 Å². The molecule has 0 radical (unpaired) electrons. The van der Waals surface area contributed by atoms with Crippen LogP contribution in [0.3, 0.4) is 0 Å². The van der Waals surface area contributed by atoms with Crippen LogP contribution in [0.5, 0.6) is 0 Å². The largest absolute Gasteiger partial charge is 0.378 e. The number of ether oxygens (including phenoxy) is 1. The summed E-state index contributed by atoms with van der Waals surface area (Å²) in [5.41, 5.74) is -0.364. The predicted octanol–water partition coefficient (Wildman–Crippen LogP) is 2.42. The van der Waals surface area contributed by atoms with Crippen LogP contribution in [0.2, 0.25) is 0 Å². The van der Waals surface area contributed by atoms with Gasteiger partial charge in [-0.1, -0.05) is 0 Å². The number of fused-ring (bicyclic) bond motifs is 1. The number of thiophene rings is 1. The van der Waals surface area contributed by atoms with Crippen LogP contribution in [0.15, 0.2) is 30.6 Å². The maximum absolute atomic E-state index is 13.9. The highest BCUT2D eigenvalue weighted by Gasteiger charge is 2.54. The molecule has 3 aliphatic rings. The minimum Gasteiger partial charge on any atom is -0.378 e. The number of aromatic nitrogens is 2. The molecule has 0 unspecified atom stereocenters. The highest BCUT2D eigenvalue weighted by atomic mass is 32.1. The molecule has 0 aromatic carbocycles. The van der Waals surface area contributed by atoms with Crippen molar-refractivity contribution in [3.8, 4) is 0 Å². The molecule has 0 spiro atoms. The number of hydrogen-bond acceptors (Lipinski definition) is 7. The Morgan fingerprint density at radius 1 is 1.19 bits per heavy atom. The van der Waals surface area contributed by atoms with E-state index in [1.807, 2.05) is 22.3 Å². The number of carbonyl (C=O) groups excluding carboxylic acids is 1. The van der Waals surface area contributed by atoms with Gasteiger partial charge in [-0.05, 0) is 44.5 Å². The summed E-state index contributed by atoms with van der Waals surface area (Å²) in [6.45, 7) is 9.36. The number of nitrogens with zero attached hydrogens (tertiary/aromatic N) is 5. The van der Waals surface area contributed by atoms with E-state index in [1.165, 1.54) is 9.75 Å². The van der Waals surface area contributed by atoms with Gasteiger partial charge in [0.15, 0.2) is 0 Å². The zero-order chi connectivity index (χ0) is 21.3. The van der Waals surface area contributed by atoms with E-state index in [1.54, 1.807) is 12.4 Å². The molecular weight excluding hydrogens is 410 g/mol. The number of carbonyl (C=O) groups is 1. The maximum Gasteiger partial charge on any atom is 0.231 e. The molecule has 0 N–H and O–H groups in total. The van der Waals surface area contributed by atoms with Crippen molar-refractivity contribution in [3.63, 3.8) is 0 Å². The van der Waals surface area contributed by atoms with Crippen LogP contribution < -0.4 is 4.90 Å². The van der Waals surface area contributed by atoms with Crippen molar-refractivity contribution >= 4 is 23.2 Å². The lowest BCUT2D eigenvalue weighted by Crippen LogP contribution is -2.52. The number of hydrogen-bond donors (Lipinski definition) is 0. The number of aryl methyl sites for hydroxylation is 1. The number of rotatable bonds is 4. The molecule has 3 fully saturated rings. The van der Waals surface area contributed by atoms with Crippen LogP contribution in [0.4, 0.5) is 5.95 Å². The van der Waals surface area contributed by atoms with E-state index in [9.17, 15) is 4.79 Å². The summed E-state index contributed by atoms with van der Waals surface area (Å²) in [5, 5.41) is 0. The fourth-order valence-corrected chi connectivity index (χ4v) is 6.42. The molecule has 2 atom stereocenters. The normalized spacial score (nSPS) is 27.2. The van der Waals surface area contributed by atoms with Gasteiger partial charge in [-0.15, -0.1) is 11.3 Å². The molecule has 3 saturated heterocycles. The first-order valence-electron chi connectivity index (χ1n) is 11.3. The fraction of sp³-hybridized carbons (Fsp3) is 0.609. The molecule has 0 bridgehead atoms. The van der Waals surface area contributed by atoms with Crippen molar-refractivity contribution in [2.45, 2.75) is 26.3 Å². The lowest BCUT2D eigenvalue weighted by Gasteiger charge is -2.38. The number of morpholine rings is 1. The number of amides is 1. The van der Waals surface area contributed by atoms with Crippen LogP contribution in [0.1, 0.15) is 22.6 Å². The van der Waals surface area contributed by atoms with Crippen molar-refractivity contribution in [1.29, 1.82) is 0 Å². The van der Waals surface area contributed by atoms with Crippen molar-refractivity contribution in [3.05, 3.63) is 40.3 Å². The first-order chi connectivity index (χ1) is 15.1. The van der Waals surface area contributed by atoms with E-state index in [2.05, 4.69) is 38.8 Å². The number of likely N-dealkylation sites (tertiary alicyclic amines) is 1. The second-order valence-electron chi connectivity index (χ2n) is 9.04. The Kier molecular flexibility index (Phi) is 5.95. The lowest BCUT2D eigenvalue weighted by molar-refractivity contribution is -0.148. The van der Waals surface area contributed by atoms with Gasteiger partial charge in [-0.2, -0.15) is 0 Å². The van der Waals surface area contributed by atoms with Crippen LogP contribution in [-0.2, 0) is 16.1 Å². The van der Waals surface area contributed by atoms with E-state index >= 15 is 0 Å². The highest BCUT2D eigenvalue weighted by molar-refractivity contribution is 7.11. The molecule has 3 aliphatic heterocycles. The summed E-state index contributed by atoms with van der Waals surface area (Å²) in [6.07, 6.45) is 5.55. The number of anilines is 1. The molecule has 0 aliphatic carbocycles. The van der Waals surface area contributed by atoms with E-state index in [-0.39, 0.29) is 11.3 Å². The maximum atomic E-state index is 13.9. The Hall–Kier alpha value is -2.03. The SMILES string of the molecule is Cc1ccc(CN2CCC[C@@]3(C(=O)N4CCOCC4)CN(c4ncccn4)C[C@H]3C2)s1. The Morgan fingerprint density at radius 2 is 2.00 bits per heavy atom. The molecule has 5 rings (SSSR count). The minimum atomic E-state index is -0.364. The van der Waals surface area contributed by atoms with Crippen LogP contribution in [-0.4, -0.2) is 78.2 Å². The summed E-state index contributed by atoms with van der Waals surface area (Å²) in [7, 11) is 0. The van der Waals surface area contributed by atoms with Gasteiger partial charge in [0, 0.05) is 67.3 Å². The second-order valence-corrected chi connectivity index (χ2v) is 10.4. The van der Waals surface area contributed by atoms with Crippen LogP contribution >= 0.6 is 11.3 Å². The average molecular weight is 442 g/mol. The van der Waals surface area contributed by atoms with E-state index in [0.29, 0.717) is 38.8 Å². The smallest absolute Gasteiger partial charge is 0.231 e. The van der Waals surface area contributed by atoms with Gasteiger partial charge in [-0.25, -0.2) is 9.97 Å². The quantitative estimate of drug-likeness (QED) is 0.726. The third-order valence-electron chi connectivity index (χ3n) is 7.01. The van der Waals surface area contributed by atoms with Crippen molar-refractivity contribution < 1.29 is 9.53 Å². The van der Waals surface area contributed by atoms with Gasteiger partial charge in [0.2, 0.25) is 11.9 Å². The molecule has 2 aromatic rings. The van der Waals surface area contributed by atoms with E-state index in [0.717, 1.165) is 45.0 Å². The van der Waals surface area contributed by atoms with E-state index < -0.39 is 0 Å². The molecule has 0 saturated carbocycles. The average Bonchev–Trinajstić information content (AvgIpc) is 3.33. The molecule has 8 heteroatoms. The zero-order valence-electron chi connectivity index (χ0n) is 18.2. The molecule has 2 aromatic heterocycles. The van der Waals surface area contributed by atoms with Gasteiger partial charge in [0.25, 0.3) is 0 Å². The van der Waals surface area contributed by atoms with Crippen LogP contribution in [0, 0.1) is 18.3 Å². The minimum absolute atomic E-state index is 0.273. The molecule has 166 valence electrons. The topological polar surface area (TPSA) is 61.8 Å². The molecule has 7 nitrogen and oxygen atoms in total.